The van der Waals surface area contributed by atoms with Gasteiger partial charge in [0.1, 0.15) is 5.82 Å². The first-order chi connectivity index (χ1) is 10.1. The number of nitrogens with one attached hydrogen (secondary N) is 1. The molecule has 0 radical (unpaired) electrons. The Kier molecular flexibility index (Phi) is 5.33. The molecule has 0 unspecified atom stereocenters. The molecule has 114 valence electrons. The van der Waals surface area contributed by atoms with Crippen molar-refractivity contribution < 1.29 is 4.39 Å². The molecule has 0 aliphatic rings. The third-order valence-corrected chi connectivity index (χ3v) is 3.51. The van der Waals surface area contributed by atoms with Crippen LogP contribution in [0.3, 0.4) is 0 Å². The molecule has 1 aromatic carbocycles. The van der Waals surface area contributed by atoms with Crippen molar-refractivity contribution >= 4 is 5.69 Å². The second-order valence-corrected chi connectivity index (χ2v) is 5.40. The zero-order chi connectivity index (χ0) is 15.2. The number of nitrogens with zero attached hydrogens (tertiary/aromatic N) is 3. The van der Waals surface area contributed by atoms with Gasteiger partial charge in [-0.1, -0.05) is 6.07 Å². The molecule has 0 spiro atoms. The van der Waals surface area contributed by atoms with E-state index in [1.807, 2.05) is 42.0 Å². The lowest BCUT2D eigenvalue weighted by atomic mass is 10.1. The van der Waals surface area contributed by atoms with Crippen molar-refractivity contribution in [1.29, 1.82) is 0 Å². The highest BCUT2D eigenvalue weighted by Gasteiger charge is 2.12. The van der Waals surface area contributed by atoms with Crippen LogP contribution in [0.15, 0.2) is 36.7 Å². The zero-order valence-corrected chi connectivity index (χ0v) is 12.9. The van der Waals surface area contributed by atoms with Gasteiger partial charge in [-0.2, -0.15) is 5.10 Å². The van der Waals surface area contributed by atoms with Crippen molar-refractivity contribution in [2.24, 2.45) is 0 Å². The highest BCUT2D eigenvalue weighted by atomic mass is 19.1. The highest BCUT2D eigenvalue weighted by Crippen LogP contribution is 2.25. The molecule has 0 saturated heterocycles. The molecule has 21 heavy (non-hydrogen) atoms. The van der Waals surface area contributed by atoms with Crippen LogP contribution in [-0.2, 0) is 6.54 Å². The quantitative estimate of drug-likeness (QED) is 0.796. The fraction of sp³-hybridized carbons (Fsp3) is 0.438. The molecule has 1 heterocycles. The fourth-order valence-electron chi connectivity index (χ4n) is 2.37. The number of halogens is 1. The van der Waals surface area contributed by atoms with E-state index in [4.69, 9.17) is 0 Å². The normalized spacial score (nSPS) is 12.4. The number of benzene rings is 1. The molecule has 2 aromatic rings. The van der Waals surface area contributed by atoms with Gasteiger partial charge >= 0.3 is 0 Å². The van der Waals surface area contributed by atoms with Crippen LogP contribution in [0, 0.1) is 5.82 Å². The maximum Gasteiger partial charge on any atom is 0.125 e. The minimum absolute atomic E-state index is 0.181. The SMILES string of the molecule is C[C@@H](NCCCn1cccn1)c1ccc(F)cc1N(C)C. The van der Waals surface area contributed by atoms with E-state index in [-0.39, 0.29) is 11.9 Å². The molecule has 0 aliphatic carbocycles. The van der Waals surface area contributed by atoms with Gasteiger partial charge < -0.3 is 10.2 Å². The Labute approximate surface area is 125 Å². The first kappa shape index (κ1) is 15.5. The molecule has 4 nitrogen and oxygen atoms in total. The second kappa shape index (κ2) is 7.22. The summed E-state index contributed by atoms with van der Waals surface area (Å²) >= 11 is 0. The second-order valence-electron chi connectivity index (χ2n) is 5.40. The molecule has 1 aromatic heterocycles. The smallest absolute Gasteiger partial charge is 0.125 e. The van der Waals surface area contributed by atoms with E-state index in [0.717, 1.165) is 30.8 Å². The lowest BCUT2D eigenvalue weighted by Crippen LogP contribution is -2.23. The van der Waals surface area contributed by atoms with Crippen molar-refractivity contribution in [2.45, 2.75) is 25.9 Å². The maximum absolute atomic E-state index is 13.4. The van der Waals surface area contributed by atoms with Crippen molar-refractivity contribution in [1.82, 2.24) is 15.1 Å². The molecule has 0 aliphatic heterocycles. The topological polar surface area (TPSA) is 33.1 Å². The van der Waals surface area contributed by atoms with E-state index in [1.165, 1.54) is 6.07 Å². The van der Waals surface area contributed by atoms with Crippen LogP contribution in [0.1, 0.15) is 24.9 Å². The first-order valence-electron chi connectivity index (χ1n) is 7.25. The largest absolute Gasteiger partial charge is 0.377 e. The molecular weight excluding hydrogens is 267 g/mol. The number of aromatic nitrogens is 2. The van der Waals surface area contributed by atoms with Gasteiger partial charge in [-0.15, -0.1) is 0 Å². The van der Waals surface area contributed by atoms with Gasteiger partial charge in [-0.3, -0.25) is 4.68 Å². The Morgan fingerprint density at radius 1 is 1.38 bits per heavy atom. The van der Waals surface area contributed by atoms with Crippen LogP contribution in [0.25, 0.3) is 0 Å². The zero-order valence-electron chi connectivity index (χ0n) is 12.9. The Morgan fingerprint density at radius 3 is 2.86 bits per heavy atom. The minimum Gasteiger partial charge on any atom is -0.377 e. The number of hydrogen-bond donors (Lipinski definition) is 1. The first-order valence-corrected chi connectivity index (χ1v) is 7.25. The fourth-order valence-corrected chi connectivity index (χ4v) is 2.37. The third-order valence-electron chi connectivity index (χ3n) is 3.51. The van der Waals surface area contributed by atoms with Gasteiger partial charge in [0.25, 0.3) is 0 Å². The van der Waals surface area contributed by atoms with E-state index in [2.05, 4.69) is 17.3 Å². The van der Waals surface area contributed by atoms with Gasteiger partial charge in [-0.05, 0) is 43.7 Å². The van der Waals surface area contributed by atoms with Crippen LogP contribution in [0.5, 0.6) is 0 Å². The molecule has 0 bridgehead atoms. The number of aryl methyl sites for hydroxylation is 1. The Morgan fingerprint density at radius 2 is 2.19 bits per heavy atom. The third kappa shape index (κ3) is 4.29. The molecule has 2 rings (SSSR count). The molecule has 1 atom stereocenters. The number of hydrogen-bond acceptors (Lipinski definition) is 3. The lowest BCUT2D eigenvalue weighted by Gasteiger charge is -2.22. The summed E-state index contributed by atoms with van der Waals surface area (Å²) in [5, 5.41) is 7.66. The summed E-state index contributed by atoms with van der Waals surface area (Å²) in [6, 6.07) is 7.07. The Hall–Kier alpha value is -1.88. The van der Waals surface area contributed by atoms with E-state index in [1.54, 1.807) is 12.3 Å². The summed E-state index contributed by atoms with van der Waals surface area (Å²) in [5.74, 6) is -0.201. The summed E-state index contributed by atoms with van der Waals surface area (Å²) in [4.78, 5) is 1.94. The standard InChI is InChI=1S/C16H23FN4/c1-13(18-8-4-10-21-11-5-9-19-21)15-7-6-14(17)12-16(15)20(2)3/h5-7,9,11-13,18H,4,8,10H2,1-3H3/t13-/m1/s1. The maximum atomic E-state index is 13.4. The molecule has 0 fully saturated rings. The van der Waals surface area contributed by atoms with Gasteiger partial charge in [0.15, 0.2) is 0 Å². The van der Waals surface area contributed by atoms with Crippen molar-refractivity contribution in [3.8, 4) is 0 Å². The van der Waals surface area contributed by atoms with Crippen LogP contribution in [-0.4, -0.2) is 30.4 Å². The van der Waals surface area contributed by atoms with Crippen LogP contribution in [0.4, 0.5) is 10.1 Å². The summed E-state index contributed by atoms with van der Waals surface area (Å²) in [7, 11) is 3.87. The van der Waals surface area contributed by atoms with Crippen LogP contribution < -0.4 is 10.2 Å². The lowest BCUT2D eigenvalue weighted by molar-refractivity contribution is 0.506. The molecular formula is C16H23FN4. The molecule has 0 amide bonds. The van der Waals surface area contributed by atoms with Gasteiger partial charge in [0.05, 0.1) is 0 Å². The predicted molar refractivity (Wildman–Crippen MR) is 84.0 cm³/mol. The van der Waals surface area contributed by atoms with Crippen molar-refractivity contribution in [3.63, 3.8) is 0 Å². The summed E-state index contributed by atoms with van der Waals surface area (Å²) in [6.07, 6.45) is 4.76. The van der Waals surface area contributed by atoms with E-state index < -0.39 is 0 Å². The van der Waals surface area contributed by atoms with Gasteiger partial charge in [0.2, 0.25) is 0 Å². The van der Waals surface area contributed by atoms with E-state index >= 15 is 0 Å². The van der Waals surface area contributed by atoms with Crippen molar-refractivity contribution in [2.75, 3.05) is 25.5 Å². The summed E-state index contributed by atoms with van der Waals surface area (Å²) < 4.78 is 15.3. The summed E-state index contributed by atoms with van der Waals surface area (Å²) in [5.41, 5.74) is 2.03. The van der Waals surface area contributed by atoms with Crippen LogP contribution in [0.2, 0.25) is 0 Å². The average molecular weight is 290 g/mol. The van der Waals surface area contributed by atoms with E-state index in [0.29, 0.717) is 0 Å². The summed E-state index contributed by atoms with van der Waals surface area (Å²) in [6.45, 7) is 3.90. The molecule has 1 N–H and O–H groups in total. The number of rotatable bonds is 7. The number of anilines is 1. The van der Waals surface area contributed by atoms with Crippen molar-refractivity contribution in [3.05, 3.63) is 48.0 Å². The van der Waals surface area contributed by atoms with E-state index in [9.17, 15) is 4.39 Å². The van der Waals surface area contributed by atoms with Gasteiger partial charge in [0, 0.05) is 44.8 Å². The minimum atomic E-state index is -0.201. The Balaban J connectivity index is 1.89. The molecule has 0 saturated carbocycles. The predicted octanol–water partition coefficient (Wildman–Crippen LogP) is 2.83. The molecule has 5 heteroatoms. The average Bonchev–Trinajstić information content (AvgIpc) is 2.96. The van der Waals surface area contributed by atoms with Gasteiger partial charge in [-0.25, -0.2) is 4.39 Å². The van der Waals surface area contributed by atoms with Crippen LogP contribution >= 0.6 is 0 Å². The Bertz CT molecular complexity index is 551. The monoisotopic (exact) mass is 290 g/mol. The highest BCUT2D eigenvalue weighted by molar-refractivity contribution is 5.54.